The quantitative estimate of drug-likeness (QED) is 0.899. The minimum absolute atomic E-state index is 0.662. The third-order valence-corrected chi connectivity index (χ3v) is 3.52. The molecule has 1 aromatic rings. The van der Waals surface area contributed by atoms with Gasteiger partial charge in [-0.25, -0.2) is 5.01 Å². The monoisotopic (exact) mass is 269 g/mol. The maximum absolute atomic E-state index is 6.10. The highest BCUT2D eigenvalue weighted by atomic mass is 35.5. The lowest BCUT2D eigenvalue weighted by molar-refractivity contribution is 0.102. The van der Waals surface area contributed by atoms with Crippen molar-refractivity contribution in [3.05, 3.63) is 28.8 Å². The number of nitrogens with zero attached hydrogens (tertiary/aromatic N) is 2. The highest BCUT2D eigenvalue weighted by Crippen LogP contribution is 2.24. The van der Waals surface area contributed by atoms with E-state index in [0.29, 0.717) is 5.02 Å². The van der Waals surface area contributed by atoms with Crippen molar-refractivity contribution in [2.45, 2.75) is 6.54 Å². The van der Waals surface area contributed by atoms with E-state index in [-0.39, 0.29) is 0 Å². The molecule has 1 aromatic carbocycles. The van der Waals surface area contributed by atoms with E-state index in [1.807, 2.05) is 18.2 Å². The summed E-state index contributed by atoms with van der Waals surface area (Å²) < 4.78 is 5.14. The number of hydrazine groups is 1. The van der Waals surface area contributed by atoms with Gasteiger partial charge in [-0.15, -0.1) is 0 Å². The summed E-state index contributed by atoms with van der Waals surface area (Å²) in [6.45, 7) is 5.13. The topological polar surface area (TPSA) is 27.7 Å². The molecule has 0 amide bonds. The number of rotatable bonds is 4. The van der Waals surface area contributed by atoms with Crippen LogP contribution in [0.15, 0.2) is 18.2 Å². The predicted molar refractivity (Wildman–Crippen MR) is 73.9 cm³/mol. The number of ether oxygens (including phenoxy) is 1. The third-order valence-electron chi connectivity index (χ3n) is 3.23. The molecule has 0 bridgehead atoms. The standard InChI is InChI=1S/C13H20ClN3O/c1-16-5-7-17(8-6-16)15-10-11-3-4-13(18-2)12(14)9-11/h3-4,9,15H,5-8,10H2,1-2H3. The molecule has 0 unspecified atom stereocenters. The van der Waals surface area contributed by atoms with Crippen molar-refractivity contribution >= 4 is 11.6 Å². The molecule has 1 aliphatic heterocycles. The van der Waals surface area contributed by atoms with Gasteiger partial charge in [0, 0.05) is 32.7 Å². The zero-order valence-corrected chi connectivity index (χ0v) is 11.7. The summed E-state index contributed by atoms with van der Waals surface area (Å²) in [6, 6.07) is 5.89. The zero-order valence-electron chi connectivity index (χ0n) is 10.9. The van der Waals surface area contributed by atoms with Crippen LogP contribution in [0.2, 0.25) is 5.02 Å². The van der Waals surface area contributed by atoms with E-state index in [1.54, 1.807) is 7.11 Å². The molecule has 1 heterocycles. The van der Waals surface area contributed by atoms with E-state index < -0.39 is 0 Å². The normalized spacial score (nSPS) is 17.9. The number of nitrogens with one attached hydrogen (secondary N) is 1. The van der Waals surface area contributed by atoms with Crippen molar-refractivity contribution in [3.8, 4) is 5.75 Å². The Bertz CT molecular complexity index is 392. The van der Waals surface area contributed by atoms with Gasteiger partial charge in [-0.05, 0) is 24.7 Å². The lowest BCUT2D eigenvalue weighted by Crippen LogP contribution is -2.50. The Balaban J connectivity index is 1.84. The van der Waals surface area contributed by atoms with Crippen molar-refractivity contribution in [1.82, 2.24) is 15.3 Å². The molecule has 1 fully saturated rings. The molecule has 4 nitrogen and oxygen atoms in total. The number of halogens is 1. The second kappa shape index (κ2) is 6.38. The van der Waals surface area contributed by atoms with Crippen molar-refractivity contribution < 1.29 is 4.74 Å². The van der Waals surface area contributed by atoms with Gasteiger partial charge in [0.1, 0.15) is 5.75 Å². The van der Waals surface area contributed by atoms with Crippen molar-refractivity contribution in [1.29, 1.82) is 0 Å². The first kappa shape index (κ1) is 13.6. The average molecular weight is 270 g/mol. The van der Waals surface area contributed by atoms with Gasteiger partial charge in [0.15, 0.2) is 0 Å². The Morgan fingerprint density at radius 3 is 2.61 bits per heavy atom. The first-order valence-corrected chi connectivity index (χ1v) is 6.56. The van der Waals surface area contributed by atoms with Gasteiger partial charge in [-0.2, -0.15) is 0 Å². The lowest BCUT2D eigenvalue weighted by Gasteiger charge is -2.32. The van der Waals surface area contributed by atoms with Crippen LogP contribution in [0.3, 0.4) is 0 Å². The molecule has 0 saturated carbocycles. The molecule has 1 N–H and O–H groups in total. The van der Waals surface area contributed by atoms with Crippen molar-refractivity contribution in [2.75, 3.05) is 40.3 Å². The summed E-state index contributed by atoms with van der Waals surface area (Å²) in [6.07, 6.45) is 0. The Morgan fingerprint density at radius 2 is 2.00 bits per heavy atom. The van der Waals surface area contributed by atoms with E-state index in [9.17, 15) is 0 Å². The minimum Gasteiger partial charge on any atom is -0.495 e. The van der Waals surface area contributed by atoms with Crippen molar-refractivity contribution in [2.24, 2.45) is 0 Å². The summed E-state index contributed by atoms with van der Waals surface area (Å²) in [5, 5.41) is 2.92. The Kier molecular flexibility index (Phi) is 4.83. The molecule has 5 heteroatoms. The van der Waals surface area contributed by atoms with E-state index in [0.717, 1.165) is 38.5 Å². The van der Waals surface area contributed by atoms with Crippen LogP contribution >= 0.6 is 11.6 Å². The lowest BCUT2D eigenvalue weighted by atomic mass is 10.2. The molecule has 0 spiro atoms. The maximum atomic E-state index is 6.10. The summed E-state index contributed by atoms with van der Waals surface area (Å²) in [5.41, 5.74) is 4.60. The number of methoxy groups -OCH3 is 1. The van der Waals surface area contributed by atoms with Crippen LogP contribution in [0, 0.1) is 0 Å². The SMILES string of the molecule is COc1ccc(CNN2CCN(C)CC2)cc1Cl. The molecule has 100 valence electrons. The molecule has 1 saturated heterocycles. The third kappa shape index (κ3) is 3.59. The van der Waals surface area contributed by atoms with E-state index in [2.05, 4.69) is 22.4 Å². The van der Waals surface area contributed by atoms with Crippen LogP contribution in [-0.4, -0.2) is 50.2 Å². The van der Waals surface area contributed by atoms with Crippen LogP contribution in [-0.2, 0) is 6.54 Å². The first-order chi connectivity index (χ1) is 8.69. The van der Waals surface area contributed by atoms with Gasteiger partial charge in [0.25, 0.3) is 0 Å². The van der Waals surface area contributed by atoms with Gasteiger partial charge < -0.3 is 9.64 Å². The largest absolute Gasteiger partial charge is 0.495 e. The van der Waals surface area contributed by atoms with Crippen molar-refractivity contribution in [3.63, 3.8) is 0 Å². The Labute approximate surface area is 113 Å². The van der Waals surface area contributed by atoms with Crippen LogP contribution in [0.4, 0.5) is 0 Å². The van der Waals surface area contributed by atoms with Crippen LogP contribution in [0.5, 0.6) is 5.75 Å². The number of hydrogen-bond donors (Lipinski definition) is 1. The van der Waals surface area contributed by atoms with E-state index >= 15 is 0 Å². The summed E-state index contributed by atoms with van der Waals surface area (Å²) in [7, 11) is 3.78. The number of piperazine rings is 1. The Hall–Kier alpha value is -0.810. The molecular formula is C13H20ClN3O. The van der Waals surface area contributed by atoms with Crippen LogP contribution < -0.4 is 10.2 Å². The van der Waals surface area contributed by atoms with E-state index in [4.69, 9.17) is 16.3 Å². The minimum atomic E-state index is 0.662. The molecule has 18 heavy (non-hydrogen) atoms. The molecule has 0 radical (unpaired) electrons. The molecule has 2 rings (SSSR count). The second-order valence-electron chi connectivity index (χ2n) is 4.59. The highest BCUT2D eigenvalue weighted by Gasteiger charge is 2.13. The van der Waals surface area contributed by atoms with Crippen LogP contribution in [0.1, 0.15) is 5.56 Å². The van der Waals surface area contributed by atoms with Gasteiger partial charge in [0.2, 0.25) is 0 Å². The van der Waals surface area contributed by atoms with E-state index in [1.165, 1.54) is 5.56 Å². The number of hydrogen-bond acceptors (Lipinski definition) is 4. The van der Waals surface area contributed by atoms with Gasteiger partial charge in [0.05, 0.1) is 12.1 Å². The predicted octanol–water partition coefficient (Wildman–Crippen LogP) is 1.60. The molecule has 0 aliphatic carbocycles. The summed E-state index contributed by atoms with van der Waals surface area (Å²) in [5.74, 6) is 0.722. The van der Waals surface area contributed by atoms with Gasteiger partial charge in [-0.1, -0.05) is 17.7 Å². The first-order valence-electron chi connectivity index (χ1n) is 6.18. The number of likely N-dealkylation sites (N-methyl/N-ethyl adjacent to an activating group) is 1. The molecule has 1 aliphatic rings. The average Bonchev–Trinajstić information content (AvgIpc) is 2.38. The summed E-state index contributed by atoms with van der Waals surface area (Å²) in [4.78, 5) is 2.34. The fourth-order valence-corrected chi connectivity index (χ4v) is 2.27. The fraction of sp³-hybridized carbons (Fsp3) is 0.538. The van der Waals surface area contributed by atoms with Crippen LogP contribution in [0.25, 0.3) is 0 Å². The highest BCUT2D eigenvalue weighted by molar-refractivity contribution is 6.32. The zero-order chi connectivity index (χ0) is 13.0. The summed E-state index contributed by atoms with van der Waals surface area (Å²) >= 11 is 6.10. The van der Waals surface area contributed by atoms with Gasteiger partial charge in [-0.3, -0.25) is 5.43 Å². The molecule has 0 atom stereocenters. The second-order valence-corrected chi connectivity index (χ2v) is 5.00. The maximum Gasteiger partial charge on any atom is 0.137 e. The number of benzene rings is 1. The Morgan fingerprint density at radius 1 is 1.28 bits per heavy atom. The smallest absolute Gasteiger partial charge is 0.137 e. The fourth-order valence-electron chi connectivity index (χ4n) is 1.99. The molecule has 0 aromatic heterocycles. The van der Waals surface area contributed by atoms with Gasteiger partial charge >= 0.3 is 0 Å². The molecular weight excluding hydrogens is 250 g/mol.